The number of alkyl carbamates (subject to hydrolysis) is 1. The minimum Gasteiger partial charge on any atom is -0.458 e. The van der Waals surface area contributed by atoms with Crippen LogP contribution in [0.2, 0.25) is 0 Å². The van der Waals surface area contributed by atoms with E-state index in [4.69, 9.17) is 14.2 Å². The van der Waals surface area contributed by atoms with Crippen molar-refractivity contribution in [3.8, 4) is 0 Å². The number of cyclic esters (lactones) is 1. The summed E-state index contributed by atoms with van der Waals surface area (Å²) in [5.41, 5.74) is -0.593. The summed E-state index contributed by atoms with van der Waals surface area (Å²) in [4.78, 5) is 24.1. The highest BCUT2D eigenvalue weighted by molar-refractivity contribution is 5.81. The molecule has 4 atom stereocenters. The van der Waals surface area contributed by atoms with Gasteiger partial charge in [-0.2, -0.15) is 0 Å². The summed E-state index contributed by atoms with van der Waals surface area (Å²) in [5.74, 6) is 0.0255. The highest BCUT2D eigenvalue weighted by Gasteiger charge is 2.37. The van der Waals surface area contributed by atoms with Gasteiger partial charge in [0.25, 0.3) is 0 Å². The van der Waals surface area contributed by atoms with Crippen LogP contribution in [0.4, 0.5) is 4.79 Å². The van der Waals surface area contributed by atoms with Crippen molar-refractivity contribution in [1.82, 2.24) is 5.32 Å². The van der Waals surface area contributed by atoms with Gasteiger partial charge in [0.05, 0.1) is 6.10 Å². The Kier molecular flexibility index (Phi) is 5.32. The zero-order valence-electron chi connectivity index (χ0n) is 13.9. The second-order valence-corrected chi connectivity index (χ2v) is 7.16. The third kappa shape index (κ3) is 4.60. The molecule has 0 saturated carbocycles. The van der Waals surface area contributed by atoms with Gasteiger partial charge in [-0.25, -0.2) is 9.59 Å². The number of carbonyl (C=O) groups excluding carboxylic acids is 2. The zero-order chi connectivity index (χ0) is 16.3. The monoisotopic (exact) mass is 313 g/mol. The zero-order valence-corrected chi connectivity index (χ0v) is 13.9. The minimum atomic E-state index is -0.656. The lowest BCUT2D eigenvalue weighted by atomic mass is 9.92. The third-order valence-corrected chi connectivity index (χ3v) is 4.07. The van der Waals surface area contributed by atoms with Gasteiger partial charge in [-0.05, 0) is 52.9 Å². The Balaban J connectivity index is 1.97. The topological polar surface area (TPSA) is 73.9 Å². The van der Waals surface area contributed by atoms with Gasteiger partial charge >= 0.3 is 12.1 Å². The Bertz CT molecular complexity index is 417. The van der Waals surface area contributed by atoms with Crippen LogP contribution in [0.5, 0.6) is 0 Å². The van der Waals surface area contributed by atoms with Crippen LogP contribution in [-0.4, -0.2) is 42.5 Å². The molecule has 0 aromatic rings. The number of hydrogen-bond acceptors (Lipinski definition) is 5. The second kappa shape index (κ2) is 6.86. The molecule has 0 spiro atoms. The molecular formula is C16H27NO5. The van der Waals surface area contributed by atoms with E-state index in [2.05, 4.69) is 5.32 Å². The molecule has 0 aliphatic carbocycles. The lowest BCUT2D eigenvalue weighted by molar-refractivity contribution is -0.157. The van der Waals surface area contributed by atoms with Gasteiger partial charge in [0.2, 0.25) is 0 Å². The molecule has 1 N–H and O–H groups in total. The molecule has 6 nitrogen and oxygen atoms in total. The van der Waals surface area contributed by atoms with E-state index in [0.29, 0.717) is 12.3 Å². The maximum atomic E-state index is 12.3. The molecule has 1 amide bonds. The predicted molar refractivity (Wildman–Crippen MR) is 80.4 cm³/mol. The fourth-order valence-corrected chi connectivity index (χ4v) is 3.10. The van der Waals surface area contributed by atoms with Gasteiger partial charge in [-0.3, -0.25) is 0 Å². The number of hydrogen-bond donors (Lipinski definition) is 1. The lowest BCUT2D eigenvalue weighted by Gasteiger charge is -2.25. The Morgan fingerprint density at radius 2 is 2.00 bits per heavy atom. The lowest BCUT2D eigenvalue weighted by Crippen LogP contribution is -2.45. The van der Waals surface area contributed by atoms with Gasteiger partial charge in [0.15, 0.2) is 0 Å². The second-order valence-electron chi connectivity index (χ2n) is 7.16. The van der Waals surface area contributed by atoms with Crippen LogP contribution < -0.4 is 5.32 Å². The number of nitrogens with one attached hydrogen (secondary N) is 1. The number of carbonyl (C=O) groups is 2. The van der Waals surface area contributed by atoms with Gasteiger partial charge in [-0.1, -0.05) is 6.42 Å². The smallest absolute Gasteiger partial charge is 0.408 e. The first-order valence-corrected chi connectivity index (χ1v) is 8.08. The first kappa shape index (κ1) is 17.1. The van der Waals surface area contributed by atoms with E-state index in [1.54, 1.807) is 20.8 Å². The van der Waals surface area contributed by atoms with Crippen LogP contribution in [0.3, 0.4) is 0 Å². The molecule has 4 unspecified atom stereocenters. The van der Waals surface area contributed by atoms with E-state index >= 15 is 0 Å². The Morgan fingerprint density at radius 1 is 1.27 bits per heavy atom. The van der Waals surface area contributed by atoms with Gasteiger partial charge in [0.1, 0.15) is 17.7 Å². The molecular weight excluding hydrogens is 286 g/mol. The molecule has 2 aliphatic heterocycles. The Morgan fingerprint density at radius 3 is 2.68 bits per heavy atom. The maximum absolute atomic E-state index is 12.3. The van der Waals surface area contributed by atoms with E-state index in [-0.39, 0.29) is 12.2 Å². The molecule has 0 aromatic carbocycles. The van der Waals surface area contributed by atoms with Crippen LogP contribution in [0.1, 0.15) is 53.4 Å². The van der Waals surface area contributed by atoms with E-state index in [9.17, 15) is 9.59 Å². The SMILES string of the molecule is CC1OC(=O)C(NC(=O)OC(C)(C)C)CCCC2CCOC21. The summed E-state index contributed by atoms with van der Waals surface area (Å²) in [7, 11) is 0. The first-order valence-electron chi connectivity index (χ1n) is 8.08. The quantitative estimate of drug-likeness (QED) is 0.753. The van der Waals surface area contributed by atoms with E-state index in [0.717, 1.165) is 25.9 Å². The highest BCUT2D eigenvalue weighted by Crippen LogP contribution is 2.31. The molecule has 0 aromatic heterocycles. The van der Waals surface area contributed by atoms with E-state index in [1.807, 2.05) is 6.92 Å². The molecule has 2 aliphatic rings. The van der Waals surface area contributed by atoms with Crippen molar-refractivity contribution in [2.75, 3.05) is 6.61 Å². The van der Waals surface area contributed by atoms with Crippen molar-refractivity contribution in [3.63, 3.8) is 0 Å². The Hall–Kier alpha value is -1.30. The number of amides is 1. The van der Waals surface area contributed by atoms with Gasteiger partial charge < -0.3 is 19.5 Å². The van der Waals surface area contributed by atoms with Crippen molar-refractivity contribution in [2.24, 2.45) is 5.92 Å². The summed E-state index contributed by atoms with van der Waals surface area (Å²) in [5, 5.41) is 2.63. The fourth-order valence-electron chi connectivity index (χ4n) is 3.10. The molecule has 2 fully saturated rings. The number of fused-ring (bicyclic) bond motifs is 1. The summed E-state index contributed by atoms with van der Waals surface area (Å²) < 4.78 is 16.4. The summed E-state index contributed by atoms with van der Waals surface area (Å²) >= 11 is 0. The summed E-state index contributed by atoms with van der Waals surface area (Å²) in [6.07, 6.45) is 2.51. The largest absolute Gasteiger partial charge is 0.458 e. The van der Waals surface area contributed by atoms with Gasteiger partial charge in [-0.15, -0.1) is 0 Å². The molecule has 126 valence electrons. The molecule has 2 saturated heterocycles. The van der Waals surface area contributed by atoms with Crippen molar-refractivity contribution in [2.45, 2.75) is 77.2 Å². The maximum Gasteiger partial charge on any atom is 0.408 e. The number of rotatable bonds is 1. The van der Waals surface area contributed by atoms with Crippen LogP contribution in [0.15, 0.2) is 0 Å². The van der Waals surface area contributed by atoms with Crippen molar-refractivity contribution in [3.05, 3.63) is 0 Å². The van der Waals surface area contributed by atoms with Crippen LogP contribution in [0, 0.1) is 5.92 Å². The Labute approximate surface area is 131 Å². The number of esters is 1. The van der Waals surface area contributed by atoms with Crippen LogP contribution in [-0.2, 0) is 19.0 Å². The third-order valence-electron chi connectivity index (χ3n) is 4.07. The standard InChI is InChI=1S/C16H27NO5/c1-10-13-11(8-9-20-13)6-5-7-12(14(18)21-10)17-15(19)22-16(2,3)4/h10-13H,5-9H2,1-4H3,(H,17,19). The highest BCUT2D eigenvalue weighted by atomic mass is 16.6. The molecule has 6 heteroatoms. The molecule has 2 heterocycles. The average molecular weight is 313 g/mol. The first-order chi connectivity index (χ1) is 10.3. The average Bonchev–Trinajstić information content (AvgIpc) is 2.83. The van der Waals surface area contributed by atoms with Crippen LogP contribution in [0.25, 0.3) is 0 Å². The number of ether oxygens (including phenoxy) is 3. The molecule has 0 bridgehead atoms. The summed E-state index contributed by atoms with van der Waals surface area (Å²) in [6.45, 7) is 7.95. The van der Waals surface area contributed by atoms with E-state index < -0.39 is 23.7 Å². The van der Waals surface area contributed by atoms with Crippen LogP contribution >= 0.6 is 0 Å². The van der Waals surface area contributed by atoms with Crippen molar-refractivity contribution >= 4 is 12.1 Å². The van der Waals surface area contributed by atoms with E-state index in [1.165, 1.54) is 0 Å². The molecule has 0 radical (unpaired) electrons. The minimum absolute atomic E-state index is 0.0239. The summed E-state index contributed by atoms with van der Waals surface area (Å²) in [6, 6.07) is -0.656. The molecule has 22 heavy (non-hydrogen) atoms. The van der Waals surface area contributed by atoms with Crippen molar-refractivity contribution in [1.29, 1.82) is 0 Å². The molecule has 2 rings (SSSR count). The van der Waals surface area contributed by atoms with Crippen molar-refractivity contribution < 1.29 is 23.8 Å². The normalized spacial score (nSPS) is 33.0. The fraction of sp³-hybridized carbons (Fsp3) is 0.875. The predicted octanol–water partition coefficient (Wildman–Crippen LogP) is 2.40. The van der Waals surface area contributed by atoms with Gasteiger partial charge in [0, 0.05) is 6.61 Å².